The highest BCUT2D eigenvalue weighted by Gasteiger charge is 2.70. The zero-order chi connectivity index (χ0) is 21.0. The molecule has 0 unspecified atom stereocenters. The van der Waals surface area contributed by atoms with E-state index in [4.69, 9.17) is 9.47 Å². The summed E-state index contributed by atoms with van der Waals surface area (Å²) in [4.78, 5) is 28.7. The number of nitrogens with zero attached hydrogens (tertiary/aromatic N) is 3. The Hall–Kier alpha value is -2.90. The third-order valence-electron chi connectivity index (χ3n) is 6.76. The molecule has 2 amide bonds. The van der Waals surface area contributed by atoms with Crippen molar-refractivity contribution in [1.82, 2.24) is 10.0 Å². The average Bonchev–Trinajstić information content (AvgIpc) is 3.40. The van der Waals surface area contributed by atoms with E-state index in [1.807, 2.05) is 31.2 Å². The number of fused-ring (bicyclic) bond motifs is 3. The first kappa shape index (κ1) is 19.1. The van der Waals surface area contributed by atoms with Crippen LogP contribution in [0.1, 0.15) is 24.9 Å². The Morgan fingerprint density at radius 1 is 0.900 bits per heavy atom. The van der Waals surface area contributed by atoms with E-state index in [9.17, 15) is 9.59 Å². The molecule has 156 valence electrons. The molecule has 0 saturated carbocycles. The maximum Gasteiger partial charge on any atom is 0.256 e. The zero-order valence-electron chi connectivity index (χ0n) is 17.4. The summed E-state index contributed by atoms with van der Waals surface area (Å²) < 4.78 is 10.5. The van der Waals surface area contributed by atoms with Crippen LogP contribution in [0.4, 0.5) is 5.69 Å². The molecule has 0 aromatic heterocycles. The quantitative estimate of drug-likeness (QED) is 0.726. The van der Waals surface area contributed by atoms with Gasteiger partial charge in [-0.05, 0) is 55.3 Å². The zero-order valence-corrected chi connectivity index (χ0v) is 17.4. The lowest BCUT2D eigenvalue weighted by Crippen LogP contribution is -2.52. The molecule has 3 heterocycles. The van der Waals surface area contributed by atoms with Crippen molar-refractivity contribution in [3.63, 3.8) is 0 Å². The molecule has 3 saturated heterocycles. The number of rotatable bonds is 4. The van der Waals surface area contributed by atoms with Crippen LogP contribution < -0.4 is 14.4 Å². The first-order valence-electron chi connectivity index (χ1n) is 10.2. The lowest BCUT2D eigenvalue weighted by molar-refractivity contribution is -0.131. The standard InChI is InChI=1S/C23H25N3O4/c1-23-19(21(27)26(22(23)28)16-7-11-18(30-3)12-8-16)20(24-13-4-14-25(23)24)15-5-9-17(29-2)10-6-15/h5-12,19-20H,4,13-14H2,1-3H3/t19-,20+,23-/m1/s1. The van der Waals surface area contributed by atoms with Crippen molar-refractivity contribution >= 4 is 17.5 Å². The summed E-state index contributed by atoms with van der Waals surface area (Å²) in [5.41, 5.74) is 0.716. The number of hydrogen-bond acceptors (Lipinski definition) is 6. The van der Waals surface area contributed by atoms with Gasteiger partial charge >= 0.3 is 0 Å². The van der Waals surface area contributed by atoms with E-state index >= 15 is 0 Å². The van der Waals surface area contributed by atoms with Crippen molar-refractivity contribution in [2.45, 2.75) is 24.9 Å². The van der Waals surface area contributed by atoms with Crippen molar-refractivity contribution in [1.29, 1.82) is 0 Å². The summed E-state index contributed by atoms with van der Waals surface area (Å²) >= 11 is 0. The molecule has 3 aliphatic heterocycles. The number of amides is 2. The van der Waals surface area contributed by atoms with Crippen LogP contribution in [-0.2, 0) is 9.59 Å². The molecule has 0 aliphatic carbocycles. The van der Waals surface area contributed by atoms with Crippen LogP contribution in [0.25, 0.3) is 0 Å². The second kappa shape index (κ2) is 6.82. The van der Waals surface area contributed by atoms with Gasteiger partial charge in [-0.25, -0.2) is 14.9 Å². The first-order chi connectivity index (χ1) is 14.5. The second-order valence-corrected chi connectivity index (χ2v) is 8.16. The summed E-state index contributed by atoms with van der Waals surface area (Å²) in [5, 5.41) is 4.34. The van der Waals surface area contributed by atoms with Gasteiger partial charge in [0.05, 0.1) is 31.9 Å². The maximum atomic E-state index is 13.7. The molecule has 0 spiro atoms. The van der Waals surface area contributed by atoms with E-state index in [0.29, 0.717) is 11.4 Å². The fourth-order valence-corrected chi connectivity index (χ4v) is 5.29. The molecule has 0 N–H and O–H groups in total. The molecule has 0 radical (unpaired) electrons. The summed E-state index contributed by atoms with van der Waals surface area (Å²) in [5.74, 6) is 0.673. The monoisotopic (exact) mass is 407 g/mol. The first-order valence-corrected chi connectivity index (χ1v) is 10.2. The van der Waals surface area contributed by atoms with Crippen LogP contribution in [0.5, 0.6) is 11.5 Å². The number of benzene rings is 2. The molecular weight excluding hydrogens is 382 g/mol. The lowest BCUT2D eigenvalue weighted by Gasteiger charge is -2.33. The van der Waals surface area contributed by atoms with Crippen LogP contribution >= 0.6 is 0 Å². The Morgan fingerprint density at radius 3 is 2.10 bits per heavy atom. The number of carbonyl (C=O) groups is 2. The second-order valence-electron chi connectivity index (χ2n) is 8.16. The molecule has 3 fully saturated rings. The molecular formula is C23H25N3O4. The molecule has 30 heavy (non-hydrogen) atoms. The van der Waals surface area contributed by atoms with Crippen LogP contribution in [0, 0.1) is 5.92 Å². The number of ether oxygens (including phenoxy) is 2. The summed E-state index contributed by atoms with van der Waals surface area (Å²) in [7, 11) is 3.23. The van der Waals surface area contributed by atoms with Crippen molar-refractivity contribution in [2.75, 3.05) is 32.2 Å². The number of hydrazine groups is 1. The third-order valence-corrected chi connectivity index (χ3v) is 6.76. The fourth-order valence-electron chi connectivity index (χ4n) is 5.29. The Labute approximate surface area is 175 Å². The predicted molar refractivity (Wildman–Crippen MR) is 111 cm³/mol. The lowest BCUT2D eigenvalue weighted by atomic mass is 9.81. The van der Waals surface area contributed by atoms with Gasteiger partial charge in [0.2, 0.25) is 5.91 Å². The van der Waals surface area contributed by atoms with E-state index in [2.05, 4.69) is 10.0 Å². The number of carbonyl (C=O) groups excluding carboxylic acids is 2. The highest BCUT2D eigenvalue weighted by Crippen LogP contribution is 2.54. The molecule has 7 nitrogen and oxygen atoms in total. The molecule has 5 rings (SSSR count). The van der Waals surface area contributed by atoms with Gasteiger partial charge in [0, 0.05) is 13.1 Å². The summed E-state index contributed by atoms with van der Waals surface area (Å²) in [6, 6.07) is 14.7. The minimum atomic E-state index is -0.891. The normalized spacial score (nSPS) is 28.7. The van der Waals surface area contributed by atoms with Crippen molar-refractivity contribution < 1.29 is 19.1 Å². The number of hydrogen-bond donors (Lipinski definition) is 0. The Balaban J connectivity index is 1.58. The van der Waals surface area contributed by atoms with Crippen LogP contribution in [0.3, 0.4) is 0 Å². The molecule has 2 aromatic carbocycles. The van der Waals surface area contributed by atoms with E-state index in [1.165, 1.54) is 4.90 Å². The minimum absolute atomic E-state index is 0.150. The highest BCUT2D eigenvalue weighted by atomic mass is 16.5. The van der Waals surface area contributed by atoms with Gasteiger partial charge in [-0.2, -0.15) is 0 Å². The largest absolute Gasteiger partial charge is 0.497 e. The number of methoxy groups -OCH3 is 2. The van der Waals surface area contributed by atoms with Gasteiger partial charge < -0.3 is 9.47 Å². The van der Waals surface area contributed by atoms with Gasteiger partial charge in [-0.1, -0.05) is 12.1 Å². The third kappa shape index (κ3) is 2.45. The summed E-state index contributed by atoms with van der Waals surface area (Å²) in [6.07, 6.45) is 0.971. The average molecular weight is 407 g/mol. The molecule has 7 heteroatoms. The van der Waals surface area contributed by atoms with Gasteiger partial charge in [0.15, 0.2) is 0 Å². The van der Waals surface area contributed by atoms with Gasteiger partial charge in [0.25, 0.3) is 5.91 Å². The molecule has 3 aliphatic rings. The van der Waals surface area contributed by atoms with E-state index in [1.54, 1.807) is 38.5 Å². The van der Waals surface area contributed by atoms with Crippen molar-refractivity contribution in [3.05, 3.63) is 54.1 Å². The fraction of sp³-hybridized carbons (Fsp3) is 0.391. The van der Waals surface area contributed by atoms with E-state index in [-0.39, 0.29) is 17.9 Å². The van der Waals surface area contributed by atoms with Crippen LogP contribution in [0.2, 0.25) is 0 Å². The Bertz CT molecular complexity index is 991. The predicted octanol–water partition coefficient (Wildman–Crippen LogP) is 2.63. The van der Waals surface area contributed by atoms with Gasteiger partial charge in [-0.15, -0.1) is 0 Å². The Kier molecular flexibility index (Phi) is 4.34. The summed E-state index contributed by atoms with van der Waals surface area (Å²) in [6.45, 7) is 3.53. The van der Waals surface area contributed by atoms with E-state index < -0.39 is 11.5 Å². The topological polar surface area (TPSA) is 62.3 Å². The molecule has 2 aromatic rings. The van der Waals surface area contributed by atoms with Gasteiger partial charge in [-0.3, -0.25) is 9.59 Å². The van der Waals surface area contributed by atoms with Crippen LogP contribution in [0.15, 0.2) is 48.5 Å². The van der Waals surface area contributed by atoms with Crippen molar-refractivity contribution in [3.8, 4) is 11.5 Å². The molecule has 0 bridgehead atoms. The van der Waals surface area contributed by atoms with Crippen LogP contribution in [-0.4, -0.2) is 54.7 Å². The number of anilines is 1. The minimum Gasteiger partial charge on any atom is -0.497 e. The number of imide groups is 1. The highest BCUT2D eigenvalue weighted by molar-refractivity contribution is 6.26. The Morgan fingerprint density at radius 2 is 1.50 bits per heavy atom. The molecule has 3 atom stereocenters. The maximum absolute atomic E-state index is 13.7. The smallest absolute Gasteiger partial charge is 0.256 e. The van der Waals surface area contributed by atoms with Crippen molar-refractivity contribution in [2.24, 2.45) is 5.92 Å². The van der Waals surface area contributed by atoms with Gasteiger partial charge in [0.1, 0.15) is 17.0 Å². The van der Waals surface area contributed by atoms with E-state index in [0.717, 1.165) is 30.8 Å². The SMILES string of the molecule is COc1ccc([C@H]2[C@@H]3C(=O)N(c4ccc(OC)cc4)C(=O)[C@]3(C)N3CCCN23)cc1.